The molecule has 0 fully saturated rings. The standard InChI is InChI=1S/C11H5F5N2O/c12-6-1-2-8(7(13)5-6)19-10-17-4-3-9(18-10)11(14,15)16/h1-5H. The second-order valence-electron chi connectivity index (χ2n) is 3.40. The van der Waals surface area contributed by atoms with Crippen molar-refractivity contribution in [3.63, 3.8) is 0 Å². The van der Waals surface area contributed by atoms with Crippen LogP contribution in [0.4, 0.5) is 22.0 Å². The van der Waals surface area contributed by atoms with E-state index in [1.807, 2.05) is 0 Å². The zero-order valence-corrected chi connectivity index (χ0v) is 9.08. The van der Waals surface area contributed by atoms with Gasteiger partial charge in [0.15, 0.2) is 17.3 Å². The first-order valence-electron chi connectivity index (χ1n) is 4.89. The first kappa shape index (κ1) is 13.2. The fraction of sp³-hybridized carbons (Fsp3) is 0.0909. The van der Waals surface area contributed by atoms with E-state index in [1.165, 1.54) is 0 Å². The van der Waals surface area contributed by atoms with Crippen molar-refractivity contribution >= 4 is 0 Å². The van der Waals surface area contributed by atoms with E-state index in [0.29, 0.717) is 12.1 Å². The maximum atomic E-state index is 13.2. The molecule has 0 aliphatic rings. The second kappa shape index (κ2) is 4.79. The molecule has 1 aromatic carbocycles. The molecule has 0 aliphatic carbocycles. The van der Waals surface area contributed by atoms with Crippen LogP contribution >= 0.6 is 0 Å². The van der Waals surface area contributed by atoms with E-state index in [4.69, 9.17) is 4.74 Å². The summed E-state index contributed by atoms with van der Waals surface area (Å²) < 4.78 is 67.7. The third-order valence-electron chi connectivity index (χ3n) is 2.02. The Bertz CT molecular complexity index is 600. The van der Waals surface area contributed by atoms with Gasteiger partial charge in [-0.05, 0) is 18.2 Å². The Morgan fingerprint density at radius 2 is 1.79 bits per heavy atom. The van der Waals surface area contributed by atoms with Crippen molar-refractivity contribution in [1.29, 1.82) is 0 Å². The van der Waals surface area contributed by atoms with Gasteiger partial charge in [-0.15, -0.1) is 0 Å². The van der Waals surface area contributed by atoms with Gasteiger partial charge < -0.3 is 4.74 Å². The second-order valence-corrected chi connectivity index (χ2v) is 3.40. The molecule has 0 saturated heterocycles. The third kappa shape index (κ3) is 3.15. The van der Waals surface area contributed by atoms with Crippen molar-refractivity contribution in [3.05, 3.63) is 47.8 Å². The summed E-state index contributed by atoms with van der Waals surface area (Å²) in [4.78, 5) is 6.50. The number of hydrogen-bond donors (Lipinski definition) is 0. The van der Waals surface area contributed by atoms with Crippen LogP contribution in [0, 0.1) is 11.6 Å². The Balaban J connectivity index is 2.29. The minimum atomic E-state index is -4.66. The average molecular weight is 276 g/mol. The highest BCUT2D eigenvalue weighted by atomic mass is 19.4. The molecule has 8 heteroatoms. The number of ether oxygens (including phenoxy) is 1. The molecule has 1 heterocycles. The van der Waals surface area contributed by atoms with Crippen LogP contribution in [-0.4, -0.2) is 9.97 Å². The summed E-state index contributed by atoms with van der Waals surface area (Å²) in [5.74, 6) is -2.38. The fourth-order valence-electron chi connectivity index (χ4n) is 1.20. The lowest BCUT2D eigenvalue weighted by atomic mass is 10.3. The Hall–Kier alpha value is -2.25. The molecule has 100 valence electrons. The number of nitrogens with zero attached hydrogens (tertiary/aromatic N) is 2. The monoisotopic (exact) mass is 276 g/mol. The molecule has 0 saturated carbocycles. The smallest absolute Gasteiger partial charge is 0.421 e. The van der Waals surface area contributed by atoms with Crippen LogP contribution in [0.1, 0.15) is 5.69 Å². The molecule has 0 atom stereocenters. The van der Waals surface area contributed by atoms with Crippen molar-refractivity contribution < 1.29 is 26.7 Å². The highest BCUT2D eigenvalue weighted by Crippen LogP contribution is 2.29. The predicted octanol–water partition coefficient (Wildman–Crippen LogP) is 3.57. The summed E-state index contributed by atoms with van der Waals surface area (Å²) in [6.45, 7) is 0. The number of alkyl halides is 3. The van der Waals surface area contributed by atoms with Gasteiger partial charge >= 0.3 is 12.2 Å². The van der Waals surface area contributed by atoms with E-state index in [2.05, 4.69) is 9.97 Å². The number of benzene rings is 1. The van der Waals surface area contributed by atoms with E-state index in [-0.39, 0.29) is 0 Å². The van der Waals surface area contributed by atoms with Crippen LogP contribution in [-0.2, 0) is 6.18 Å². The van der Waals surface area contributed by atoms with Gasteiger partial charge in [0.2, 0.25) is 0 Å². The molecule has 0 spiro atoms. The number of aromatic nitrogens is 2. The Morgan fingerprint density at radius 1 is 1.05 bits per heavy atom. The van der Waals surface area contributed by atoms with E-state index < -0.39 is 35.3 Å². The summed E-state index contributed by atoms with van der Waals surface area (Å²) in [5.41, 5.74) is -1.22. The Labute approximate surface area is 103 Å². The molecule has 2 rings (SSSR count). The zero-order chi connectivity index (χ0) is 14.0. The minimum Gasteiger partial charge on any atom is -0.421 e. The molecule has 0 aliphatic heterocycles. The quantitative estimate of drug-likeness (QED) is 0.786. The Kier molecular flexibility index (Phi) is 3.32. The Morgan fingerprint density at radius 3 is 2.42 bits per heavy atom. The summed E-state index contributed by atoms with van der Waals surface area (Å²) in [7, 11) is 0. The summed E-state index contributed by atoms with van der Waals surface area (Å²) >= 11 is 0. The van der Waals surface area contributed by atoms with Crippen LogP contribution in [0.25, 0.3) is 0 Å². The van der Waals surface area contributed by atoms with Crippen LogP contribution in [0.3, 0.4) is 0 Å². The SMILES string of the molecule is Fc1ccc(Oc2nccc(C(F)(F)F)n2)c(F)c1. The maximum Gasteiger partial charge on any atom is 0.433 e. The lowest BCUT2D eigenvalue weighted by molar-refractivity contribution is -0.141. The van der Waals surface area contributed by atoms with Gasteiger partial charge in [0.1, 0.15) is 5.82 Å². The summed E-state index contributed by atoms with van der Waals surface area (Å²) in [6, 6.07) is 2.32. The van der Waals surface area contributed by atoms with E-state index in [1.54, 1.807) is 0 Å². The van der Waals surface area contributed by atoms with Crippen molar-refractivity contribution in [2.75, 3.05) is 0 Å². The topological polar surface area (TPSA) is 35.0 Å². The first-order valence-corrected chi connectivity index (χ1v) is 4.89. The molecule has 0 N–H and O–H groups in total. The van der Waals surface area contributed by atoms with Crippen LogP contribution in [0.5, 0.6) is 11.8 Å². The van der Waals surface area contributed by atoms with Crippen molar-refractivity contribution in [2.24, 2.45) is 0 Å². The van der Waals surface area contributed by atoms with Gasteiger partial charge in [0, 0.05) is 12.3 Å². The van der Waals surface area contributed by atoms with Gasteiger partial charge in [-0.3, -0.25) is 0 Å². The molecule has 0 amide bonds. The lowest BCUT2D eigenvalue weighted by Gasteiger charge is -2.08. The molecule has 0 unspecified atom stereocenters. The highest BCUT2D eigenvalue weighted by molar-refractivity contribution is 5.27. The number of rotatable bonds is 2. The first-order chi connectivity index (χ1) is 8.86. The minimum absolute atomic E-state index is 0.472. The van der Waals surface area contributed by atoms with Gasteiger partial charge in [0.25, 0.3) is 0 Å². The highest BCUT2D eigenvalue weighted by Gasteiger charge is 2.33. The van der Waals surface area contributed by atoms with Gasteiger partial charge in [0.05, 0.1) is 0 Å². The molecule has 1 aromatic heterocycles. The van der Waals surface area contributed by atoms with Crippen LogP contribution in [0.15, 0.2) is 30.5 Å². The lowest BCUT2D eigenvalue weighted by Crippen LogP contribution is -2.09. The maximum absolute atomic E-state index is 13.2. The zero-order valence-electron chi connectivity index (χ0n) is 9.08. The molecule has 0 radical (unpaired) electrons. The molecular weight excluding hydrogens is 271 g/mol. The van der Waals surface area contributed by atoms with E-state index in [0.717, 1.165) is 18.3 Å². The van der Waals surface area contributed by atoms with Gasteiger partial charge in [-0.1, -0.05) is 0 Å². The van der Waals surface area contributed by atoms with Gasteiger partial charge in [-0.25, -0.2) is 13.8 Å². The van der Waals surface area contributed by atoms with E-state index >= 15 is 0 Å². The molecule has 3 nitrogen and oxygen atoms in total. The molecule has 0 bridgehead atoms. The molecule has 2 aromatic rings. The normalized spacial score (nSPS) is 11.4. The third-order valence-corrected chi connectivity index (χ3v) is 2.02. The summed E-state index contributed by atoms with van der Waals surface area (Å²) in [5, 5.41) is 0. The van der Waals surface area contributed by atoms with Crippen molar-refractivity contribution in [3.8, 4) is 11.8 Å². The number of hydrogen-bond acceptors (Lipinski definition) is 3. The van der Waals surface area contributed by atoms with Crippen molar-refractivity contribution in [2.45, 2.75) is 6.18 Å². The van der Waals surface area contributed by atoms with E-state index in [9.17, 15) is 22.0 Å². The summed E-state index contributed by atoms with van der Waals surface area (Å²) in [6.07, 6.45) is -3.84. The average Bonchev–Trinajstić information content (AvgIpc) is 2.32. The fourth-order valence-corrected chi connectivity index (χ4v) is 1.20. The number of halogens is 5. The van der Waals surface area contributed by atoms with Crippen molar-refractivity contribution in [1.82, 2.24) is 9.97 Å². The molecule has 19 heavy (non-hydrogen) atoms. The largest absolute Gasteiger partial charge is 0.433 e. The van der Waals surface area contributed by atoms with Crippen LogP contribution < -0.4 is 4.74 Å². The molecular formula is C11H5F5N2O. The van der Waals surface area contributed by atoms with Crippen LogP contribution in [0.2, 0.25) is 0 Å². The van der Waals surface area contributed by atoms with Gasteiger partial charge in [-0.2, -0.15) is 18.2 Å². The predicted molar refractivity (Wildman–Crippen MR) is 53.5 cm³/mol.